The van der Waals surface area contributed by atoms with Gasteiger partial charge in [0.05, 0.1) is 12.7 Å². The van der Waals surface area contributed by atoms with E-state index in [9.17, 15) is 15.0 Å². The zero-order valence-corrected chi connectivity index (χ0v) is 34.1. The highest BCUT2D eigenvalue weighted by Gasteiger charge is 2.71. The van der Waals surface area contributed by atoms with E-state index in [0.29, 0.717) is 36.0 Å². The number of hydrogen-bond acceptors (Lipinski definition) is 4. The Morgan fingerprint density at radius 1 is 0.760 bits per heavy atom. The van der Waals surface area contributed by atoms with Crippen LogP contribution in [-0.2, 0) is 9.53 Å². The molecule has 0 bridgehead atoms. The highest BCUT2D eigenvalue weighted by molar-refractivity contribution is 5.69. The van der Waals surface area contributed by atoms with Crippen molar-refractivity contribution in [2.24, 2.45) is 56.7 Å². The maximum Gasteiger partial charge on any atom is 0.306 e. The van der Waals surface area contributed by atoms with Crippen LogP contribution in [0.5, 0.6) is 0 Å². The normalized spacial score (nSPS) is 42.0. The number of aliphatic hydroxyl groups is 2. The maximum absolute atomic E-state index is 13.2. The molecule has 50 heavy (non-hydrogen) atoms. The smallest absolute Gasteiger partial charge is 0.306 e. The van der Waals surface area contributed by atoms with Crippen LogP contribution in [0.3, 0.4) is 0 Å². The first kappa shape index (κ1) is 40.3. The summed E-state index contributed by atoms with van der Waals surface area (Å²) in [5, 5.41) is 22.2. The van der Waals surface area contributed by atoms with E-state index in [1.165, 1.54) is 102 Å². The maximum atomic E-state index is 13.2. The Morgan fingerprint density at radius 3 is 1.96 bits per heavy atom. The Labute approximate surface area is 308 Å². The van der Waals surface area contributed by atoms with Crippen molar-refractivity contribution in [2.45, 2.75) is 209 Å². The first-order valence-corrected chi connectivity index (χ1v) is 21.9. The van der Waals surface area contributed by atoms with Crippen LogP contribution in [0.2, 0.25) is 0 Å². The van der Waals surface area contributed by atoms with Crippen LogP contribution in [0.15, 0.2) is 11.6 Å². The quantitative estimate of drug-likeness (QED) is 0.0957. The molecular weight excluding hydrogens is 617 g/mol. The number of rotatable bonds is 16. The summed E-state index contributed by atoms with van der Waals surface area (Å²) in [5.41, 5.74) is 1.49. The molecule has 0 radical (unpaired) electrons. The van der Waals surface area contributed by atoms with Gasteiger partial charge in [-0.15, -0.1) is 0 Å². The molecule has 0 spiro atoms. The minimum absolute atomic E-state index is 0.00955. The number of esters is 1. The second-order valence-electron chi connectivity index (χ2n) is 20.2. The fraction of sp³-hybridized carbons (Fsp3) is 0.935. The van der Waals surface area contributed by atoms with E-state index in [4.69, 9.17) is 4.74 Å². The topological polar surface area (TPSA) is 66.8 Å². The number of hydrogen-bond donors (Lipinski definition) is 2. The molecule has 4 heteroatoms. The number of allylic oxidation sites excluding steroid dienone is 1. The van der Waals surface area contributed by atoms with Crippen molar-refractivity contribution in [3.63, 3.8) is 0 Å². The largest absolute Gasteiger partial charge is 0.462 e. The standard InChI is InChI=1S/C46H80O4/c1-9-10-11-12-13-14-15-16-17-18-19-20-21-22-40(49)50-39-27-29-43(5)36(42(39,3)4)26-30-45(7)37(43)24-23-35-41-33(2)34(32-47)25-28-44(41,6)38(48)31-46(35,45)8/h25,33,35-39,41,47-48H,9-24,26-32H2,1-8H3/t33-,35-,36+,37-,38+,39+,41-,43+,44-,45-,46-/m1/s1. The summed E-state index contributed by atoms with van der Waals surface area (Å²) in [7, 11) is 0. The van der Waals surface area contributed by atoms with Crippen molar-refractivity contribution in [1.82, 2.24) is 0 Å². The third kappa shape index (κ3) is 7.31. The molecule has 2 N–H and O–H groups in total. The third-order valence-corrected chi connectivity index (χ3v) is 17.3. The summed E-state index contributed by atoms with van der Waals surface area (Å²) in [4.78, 5) is 13.2. The zero-order chi connectivity index (χ0) is 36.4. The van der Waals surface area contributed by atoms with E-state index >= 15 is 0 Å². The molecule has 0 aromatic heterocycles. The Hall–Kier alpha value is -0.870. The predicted molar refractivity (Wildman–Crippen MR) is 208 cm³/mol. The molecule has 0 aromatic carbocycles. The molecule has 4 saturated carbocycles. The van der Waals surface area contributed by atoms with Crippen molar-refractivity contribution >= 4 is 5.97 Å². The van der Waals surface area contributed by atoms with Gasteiger partial charge in [-0.2, -0.15) is 0 Å². The van der Waals surface area contributed by atoms with Crippen LogP contribution in [0.25, 0.3) is 0 Å². The zero-order valence-electron chi connectivity index (χ0n) is 34.1. The van der Waals surface area contributed by atoms with E-state index in [1.807, 2.05) is 0 Å². The van der Waals surface area contributed by atoms with Crippen molar-refractivity contribution in [3.05, 3.63) is 11.6 Å². The number of carbonyl (C=O) groups is 1. The lowest BCUT2D eigenvalue weighted by Crippen LogP contribution is -2.69. The molecular formula is C46H80O4. The van der Waals surface area contributed by atoms with Gasteiger partial charge in [0.2, 0.25) is 0 Å². The fourth-order valence-corrected chi connectivity index (χ4v) is 14.1. The van der Waals surface area contributed by atoms with E-state index < -0.39 is 0 Å². The van der Waals surface area contributed by atoms with Gasteiger partial charge >= 0.3 is 5.97 Å². The summed E-state index contributed by atoms with van der Waals surface area (Å²) in [6, 6.07) is 0. The first-order chi connectivity index (χ1) is 23.7. The summed E-state index contributed by atoms with van der Waals surface area (Å²) < 4.78 is 6.39. The average Bonchev–Trinajstić information content (AvgIpc) is 3.06. The van der Waals surface area contributed by atoms with Crippen LogP contribution < -0.4 is 0 Å². The molecule has 0 aromatic rings. The van der Waals surface area contributed by atoms with E-state index in [1.54, 1.807) is 0 Å². The summed E-state index contributed by atoms with van der Waals surface area (Å²) >= 11 is 0. The van der Waals surface area contributed by atoms with Gasteiger partial charge in [-0.05, 0) is 109 Å². The number of fused-ring (bicyclic) bond motifs is 7. The van der Waals surface area contributed by atoms with Crippen LogP contribution in [0, 0.1) is 56.7 Å². The predicted octanol–water partition coefficient (Wildman–Crippen LogP) is 12.0. The Kier molecular flexibility index (Phi) is 13.1. The highest BCUT2D eigenvalue weighted by atomic mass is 16.5. The van der Waals surface area contributed by atoms with E-state index in [-0.39, 0.29) is 51.9 Å². The Bertz CT molecular complexity index is 1160. The lowest BCUT2D eigenvalue weighted by atomic mass is 9.31. The number of ether oxygens (including phenoxy) is 1. The summed E-state index contributed by atoms with van der Waals surface area (Å²) in [5.74, 6) is 2.47. The molecule has 5 aliphatic carbocycles. The monoisotopic (exact) mass is 697 g/mol. The number of unbranched alkanes of at least 4 members (excludes halogenated alkanes) is 12. The highest BCUT2D eigenvalue weighted by Crippen LogP contribution is 2.76. The van der Waals surface area contributed by atoms with Gasteiger partial charge < -0.3 is 14.9 Å². The van der Waals surface area contributed by atoms with Gasteiger partial charge in [-0.25, -0.2) is 0 Å². The Balaban J connectivity index is 1.14. The average molecular weight is 697 g/mol. The molecule has 0 aliphatic heterocycles. The number of aliphatic hydroxyl groups excluding tert-OH is 2. The van der Waals surface area contributed by atoms with E-state index in [2.05, 4.69) is 61.5 Å². The summed E-state index contributed by atoms with van der Waals surface area (Å²) in [6.07, 6.45) is 28.4. The van der Waals surface area contributed by atoms with Crippen molar-refractivity contribution in [3.8, 4) is 0 Å². The van der Waals surface area contributed by atoms with Gasteiger partial charge in [0.1, 0.15) is 6.10 Å². The van der Waals surface area contributed by atoms with Crippen LogP contribution in [-0.4, -0.2) is 35.0 Å². The minimum Gasteiger partial charge on any atom is -0.462 e. The van der Waals surface area contributed by atoms with E-state index in [0.717, 1.165) is 38.5 Å². The second-order valence-corrected chi connectivity index (χ2v) is 20.2. The molecule has 4 fully saturated rings. The van der Waals surface area contributed by atoms with Crippen molar-refractivity contribution in [1.29, 1.82) is 0 Å². The summed E-state index contributed by atoms with van der Waals surface area (Å²) in [6.45, 7) is 19.7. The molecule has 11 atom stereocenters. The first-order valence-electron chi connectivity index (χ1n) is 21.9. The van der Waals surface area contributed by atoms with Gasteiger partial charge in [0, 0.05) is 17.3 Å². The third-order valence-electron chi connectivity index (χ3n) is 17.3. The molecule has 0 amide bonds. The fourth-order valence-electron chi connectivity index (χ4n) is 14.1. The lowest BCUT2D eigenvalue weighted by molar-refractivity contribution is -0.268. The van der Waals surface area contributed by atoms with Crippen LogP contribution in [0.1, 0.15) is 197 Å². The molecule has 0 saturated heterocycles. The lowest BCUT2D eigenvalue weighted by Gasteiger charge is -2.74. The van der Waals surface area contributed by atoms with Gasteiger partial charge in [-0.3, -0.25) is 4.79 Å². The molecule has 4 nitrogen and oxygen atoms in total. The second kappa shape index (κ2) is 16.2. The molecule has 0 unspecified atom stereocenters. The van der Waals surface area contributed by atoms with Crippen LogP contribution >= 0.6 is 0 Å². The van der Waals surface area contributed by atoms with Crippen molar-refractivity contribution in [2.75, 3.05) is 6.61 Å². The molecule has 0 heterocycles. The minimum atomic E-state index is -0.310. The van der Waals surface area contributed by atoms with Gasteiger partial charge in [0.25, 0.3) is 0 Å². The number of carbonyl (C=O) groups excluding carboxylic acids is 1. The van der Waals surface area contributed by atoms with Gasteiger partial charge in [0.15, 0.2) is 0 Å². The molecule has 5 rings (SSSR count). The van der Waals surface area contributed by atoms with Crippen molar-refractivity contribution < 1.29 is 19.7 Å². The van der Waals surface area contributed by atoms with Gasteiger partial charge in [-0.1, -0.05) is 139 Å². The SMILES string of the molecule is CCCCCCCCCCCCCCCC(=O)O[C@H]1CC[C@]2(C)[C@H]3CC[C@@H]4[C@H]5[C@H](C)C(CO)=CC[C@]5(C)[C@@H](O)C[C@@]4(C)[C@]3(C)CC[C@H]2C1(C)C. The Morgan fingerprint density at radius 2 is 1.36 bits per heavy atom. The van der Waals surface area contributed by atoms with Crippen LogP contribution in [0.4, 0.5) is 0 Å². The molecule has 288 valence electrons. The molecule has 5 aliphatic rings.